The Kier molecular flexibility index (Phi) is 5.00. The summed E-state index contributed by atoms with van der Waals surface area (Å²) in [5.74, 6) is -1.54. The lowest BCUT2D eigenvalue weighted by Gasteiger charge is -2.19. The number of carbonyl (C=O) groups is 1. The average Bonchev–Trinajstić information content (AvgIpc) is 2.23. The third-order valence-corrected chi connectivity index (χ3v) is 3.34. The Labute approximate surface area is 119 Å². The number of hydrogen-bond acceptors (Lipinski definition) is 3. The molecule has 2 N–H and O–H groups in total. The minimum Gasteiger partial charge on any atom is -0.348 e. The Morgan fingerprint density at radius 3 is 2.33 bits per heavy atom. The van der Waals surface area contributed by atoms with Gasteiger partial charge in [0.2, 0.25) is 5.91 Å². The summed E-state index contributed by atoms with van der Waals surface area (Å²) in [6.45, 7) is 2.51. The Balaban J connectivity index is 3.30. The van der Waals surface area contributed by atoms with Crippen LogP contribution in [0, 0.1) is 6.92 Å². The summed E-state index contributed by atoms with van der Waals surface area (Å²) in [5.41, 5.74) is -0.746. The smallest absolute Gasteiger partial charge is 0.348 e. The van der Waals surface area contributed by atoms with Gasteiger partial charge in [-0.1, -0.05) is 11.6 Å². The fourth-order valence-electron chi connectivity index (χ4n) is 1.85. The molecule has 0 aliphatic heterocycles. The molecule has 0 heterocycles. The van der Waals surface area contributed by atoms with Gasteiger partial charge in [0.1, 0.15) is 0 Å². The molecule has 118 valence electrons. The summed E-state index contributed by atoms with van der Waals surface area (Å²) >= 11 is 0. The Morgan fingerprint density at radius 2 is 1.90 bits per heavy atom. The van der Waals surface area contributed by atoms with E-state index in [2.05, 4.69) is 5.32 Å². The average molecular weight is 325 g/mol. The van der Waals surface area contributed by atoms with E-state index in [9.17, 15) is 26.4 Å². The Hall–Kier alpha value is -1.61. The second-order valence-electron chi connectivity index (χ2n) is 4.63. The molecule has 0 bridgehead atoms. The summed E-state index contributed by atoms with van der Waals surface area (Å²) in [7, 11) is -4.47. The van der Waals surface area contributed by atoms with Crippen LogP contribution in [0.3, 0.4) is 0 Å². The summed E-state index contributed by atoms with van der Waals surface area (Å²) in [6, 6.07) is 1.71. The van der Waals surface area contributed by atoms with Crippen molar-refractivity contribution >= 4 is 16.0 Å². The maximum atomic E-state index is 12.8. The van der Waals surface area contributed by atoms with Crippen molar-refractivity contribution in [3.8, 4) is 0 Å². The van der Waals surface area contributed by atoms with Gasteiger partial charge in [0.15, 0.2) is 0 Å². The van der Waals surface area contributed by atoms with E-state index < -0.39 is 39.6 Å². The zero-order valence-electron chi connectivity index (χ0n) is 11.2. The van der Waals surface area contributed by atoms with Crippen molar-refractivity contribution in [3.63, 3.8) is 0 Å². The van der Waals surface area contributed by atoms with Gasteiger partial charge in [-0.3, -0.25) is 9.35 Å². The van der Waals surface area contributed by atoms with Gasteiger partial charge >= 0.3 is 6.18 Å². The van der Waals surface area contributed by atoms with E-state index >= 15 is 0 Å². The van der Waals surface area contributed by atoms with Crippen molar-refractivity contribution in [3.05, 3.63) is 34.9 Å². The molecule has 0 fully saturated rings. The van der Waals surface area contributed by atoms with Crippen LogP contribution in [-0.2, 0) is 21.1 Å². The van der Waals surface area contributed by atoms with Crippen LogP contribution >= 0.6 is 0 Å². The van der Waals surface area contributed by atoms with Crippen LogP contribution in [0.15, 0.2) is 18.2 Å². The van der Waals surface area contributed by atoms with Crippen molar-refractivity contribution < 1.29 is 30.9 Å². The Bertz CT molecular complexity index is 640. The van der Waals surface area contributed by atoms with Crippen LogP contribution in [-0.4, -0.2) is 24.6 Å². The lowest BCUT2D eigenvalue weighted by Crippen LogP contribution is -2.31. The first kappa shape index (κ1) is 17.4. The van der Waals surface area contributed by atoms with E-state index in [-0.39, 0.29) is 11.1 Å². The van der Waals surface area contributed by atoms with Gasteiger partial charge in [-0.05, 0) is 24.6 Å². The first-order valence-corrected chi connectivity index (χ1v) is 7.40. The molecule has 1 atom stereocenters. The molecule has 0 radical (unpaired) electrons. The lowest BCUT2D eigenvalue weighted by molar-refractivity contribution is -0.137. The summed E-state index contributed by atoms with van der Waals surface area (Å²) in [6.07, 6.45) is -4.60. The molecule has 0 aliphatic carbocycles. The highest BCUT2D eigenvalue weighted by Crippen LogP contribution is 2.32. The number of aryl methyl sites for hydroxylation is 1. The minimum absolute atomic E-state index is 0.0462. The quantitative estimate of drug-likeness (QED) is 0.830. The van der Waals surface area contributed by atoms with Crippen LogP contribution in [0.2, 0.25) is 0 Å². The molecule has 0 spiro atoms. The molecule has 1 amide bonds. The number of rotatable bonds is 4. The monoisotopic (exact) mass is 325 g/mol. The predicted octanol–water partition coefficient (Wildman–Crippen LogP) is 2.08. The standard InChI is InChI=1S/C12H14F3NO4S/c1-7-3-9(5-10(4-7)12(13,14)15)11(16-8(2)17)6-21(18,19)20/h3-5,11H,6H2,1-2H3,(H,16,17)(H,18,19,20). The molecule has 9 heteroatoms. The largest absolute Gasteiger partial charge is 0.416 e. The number of carbonyl (C=O) groups excluding carboxylic acids is 1. The Morgan fingerprint density at radius 1 is 1.33 bits per heavy atom. The number of nitrogens with one attached hydrogen (secondary N) is 1. The van der Waals surface area contributed by atoms with Gasteiger partial charge < -0.3 is 5.32 Å². The van der Waals surface area contributed by atoms with Crippen LogP contribution in [0.5, 0.6) is 0 Å². The molecule has 1 aromatic carbocycles. The topological polar surface area (TPSA) is 83.5 Å². The van der Waals surface area contributed by atoms with Crippen molar-refractivity contribution in [2.24, 2.45) is 0 Å². The molecule has 0 saturated carbocycles. The first-order valence-electron chi connectivity index (χ1n) is 5.79. The number of benzene rings is 1. The fourth-order valence-corrected chi connectivity index (χ4v) is 2.55. The zero-order valence-corrected chi connectivity index (χ0v) is 12.0. The lowest BCUT2D eigenvalue weighted by atomic mass is 10.0. The zero-order chi connectivity index (χ0) is 16.4. The molecule has 1 aromatic rings. The number of hydrogen-bond donors (Lipinski definition) is 2. The number of halogens is 3. The molecular formula is C12H14F3NO4S. The van der Waals surface area contributed by atoms with Crippen LogP contribution in [0.4, 0.5) is 13.2 Å². The van der Waals surface area contributed by atoms with E-state index in [1.807, 2.05) is 0 Å². The van der Waals surface area contributed by atoms with Crippen molar-refractivity contribution in [2.45, 2.75) is 26.1 Å². The highest BCUT2D eigenvalue weighted by Gasteiger charge is 2.32. The van der Waals surface area contributed by atoms with Gasteiger partial charge in [0, 0.05) is 6.92 Å². The summed E-state index contributed by atoms with van der Waals surface area (Å²) in [4.78, 5) is 11.1. The number of amides is 1. The molecule has 1 rings (SSSR count). The molecule has 0 aromatic heterocycles. The highest BCUT2D eigenvalue weighted by atomic mass is 32.2. The van der Waals surface area contributed by atoms with Gasteiger partial charge in [-0.2, -0.15) is 21.6 Å². The molecule has 0 saturated heterocycles. The second kappa shape index (κ2) is 6.02. The van der Waals surface area contributed by atoms with Crippen LogP contribution in [0.25, 0.3) is 0 Å². The fraction of sp³-hybridized carbons (Fsp3) is 0.417. The maximum Gasteiger partial charge on any atom is 0.416 e. The van der Waals surface area contributed by atoms with E-state index in [0.717, 1.165) is 19.1 Å². The second-order valence-corrected chi connectivity index (χ2v) is 6.13. The maximum absolute atomic E-state index is 12.8. The predicted molar refractivity (Wildman–Crippen MR) is 69.2 cm³/mol. The van der Waals surface area contributed by atoms with Crippen LogP contribution in [0.1, 0.15) is 29.7 Å². The molecule has 0 aliphatic rings. The van der Waals surface area contributed by atoms with Gasteiger partial charge in [-0.15, -0.1) is 0 Å². The van der Waals surface area contributed by atoms with Crippen molar-refractivity contribution in [2.75, 3.05) is 5.75 Å². The molecule has 1 unspecified atom stereocenters. The normalized spacial score (nSPS) is 13.8. The third-order valence-electron chi connectivity index (χ3n) is 2.58. The minimum atomic E-state index is -4.60. The highest BCUT2D eigenvalue weighted by molar-refractivity contribution is 7.85. The van der Waals surface area contributed by atoms with E-state index in [1.165, 1.54) is 13.0 Å². The first-order chi connectivity index (χ1) is 9.38. The van der Waals surface area contributed by atoms with E-state index in [1.54, 1.807) is 0 Å². The SMILES string of the molecule is CC(=O)NC(CS(=O)(=O)O)c1cc(C)cc(C(F)(F)F)c1. The van der Waals surface area contributed by atoms with Gasteiger partial charge in [-0.25, -0.2) is 0 Å². The van der Waals surface area contributed by atoms with Gasteiger partial charge in [0.25, 0.3) is 10.1 Å². The van der Waals surface area contributed by atoms with Gasteiger partial charge in [0.05, 0.1) is 17.4 Å². The molecular weight excluding hydrogens is 311 g/mol. The summed E-state index contributed by atoms with van der Waals surface area (Å²) < 4.78 is 69.0. The number of alkyl halides is 3. The third kappa shape index (κ3) is 5.72. The summed E-state index contributed by atoms with van der Waals surface area (Å²) in [5, 5.41) is 2.21. The van der Waals surface area contributed by atoms with Crippen LogP contribution < -0.4 is 5.32 Å². The molecule has 21 heavy (non-hydrogen) atoms. The van der Waals surface area contributed by atoms with E-state index in [4.69, 9.17) is 4.55 Å². The van der Waals surface area contributed by atoms with Crippen molar-refractivity contribution in [1.82, 2.24) is 5.32 Å². The molecule has 5 nitrogen and oxygen atoms in total. The van der Waals surface area contributed by atoms with E-state index in [0.29, 0.717) is 0 Å². The van der Waals surface area contributed by atoms with Crippen molar-refractivity contribution in [1.29, 1.82) is 0 Å².